The van der Waals surface area contributed by atoms with E-state index >= 15 is 0 Å². The largest absolute Gasteiger partial charge is 0.379 e. The molecule has 138 valence electrons. The molecule has 6 heteroatoms. The Morgan fingerprint density at radius 2 is 1.77 bits per heavy atom. The van der Waals surface area contributed by atoms with Crippen LogP contribution in [0.5, 0.6) is 0 Å². The Morgan fingerprint density at radius 3 is 2.50 bits per heavy atom. The average Bonchev–Trinajstić information content (AvgIpc) is 2.95. The van der Waals surface area contributed by atoms with E-state index in [9.17, 15) is 0 Å². The van der Waals surface area contributed by atoms with Crippen LogP contribution in [0.3, 0.4) is 0 Å². The zero-order valence-corrected chi connectivity index (χ0v) is 17.0. The van der Waals surface area contributed by atoms with Crippen molar-refractivity contribution in [1.29, 1.82) is 0 Å². The minimum Gasteiger partial charge on any atom is -0.379 e. The number of hydrogen-bond donors (Lipinski definition) is 0. The zero-order chi connectivity index (χ0) is 17.6. The Kier molecular flexibility index (Phi) is 4.34. The molecule has 0 unspecified atom stereocenters. The van der Waals surface area contributed by atoms with Crippen LogP contribution in [0, 0.1) is 3.70 Å². The van der Waals surface area contributed by atoms with Crippen LogP contribution in [-0.4, -0.2) is 46.3 Å². The summed E-state index contributed by atoms with van der Waals surface area (Å²) in [5, 5.41) is 0. The lowest BCUT2D eigenvalue weighted by Gasteiger charge is -2.74. The third-order valence-electron chi connectivity index (χ3n) is 6.26. The Balaban J connectivity index is 1.24. The fourth-order valence-electron chi connectivity index (χ4n) is 5.04. The summed E-state index contributed by atoms with van der Waals surface area (Å²) in [6, 6.07) is 10.3. The molecule has 0 atom stereocenters. The second-order valence-corrected chi connectivity index (χ2v) is 9.01. The van der Waals surface area contributed by atoms with Gasteiger partial charge >= 0.3 is 0 Å². The maximum Gasteiger partial charge on any atom is 0.136 e. The molecule has 3 aliphatic carbocycles. The minimum atomic E-state index is 0.278. The highest BCUT2D eigenvalue weighted by Gasteiger charge is 2.71. The number of imidazole rings is 1. The van der Waals surface area contributed by atoms with Crippen molar-refractivity contribution in [3.63, 3.8) is 0 Å². The lowest BCUT2D eigenvalue weighted by molar-refractivity contribution is -0.221. The Hall–Kier alpha value is -0.960. The van der Waals surface area contributed by atoms with E-state index in [1.165, 1.54) is 24.8 Å². The summed E-state index contributed by atoms with van der Waals surface area (Å²) in [6.45, 7) is 5.15. The highest BCUT2D eigenvalue weighted by molar-refractivity contribution is 14.1. The third kappa shape index (κ3) is 2.82. The summed E-state index contributed by atoms with van der Waals surface area (Å²) < 4.78 is 15.0. The summed E-state index contributed by atoms with van der Waals surface area (Å²) in [7, 11) is 0. The molecule has 2 heterocycles. The topological polar surface area (TPSA) is 39.5 Å². The average molecular weight is 465 g/mol. The van der Waals surface area contributed by atoms with E-state index < -0.39 is 0 Å². The molecule has 0 N–H and O–H groups in total. The monoisotopic (exact) mass is 465 g/mol. The predicted molar refractivity (Wildman–Crippen MR) is 107 cm³/mol. The summed E-state index contributed by atoms with van der Waals surface area (Å²) in [5.41, 5.74) is 1.92. The predicted octanol–water partition coefficient (Wildman–Crippen LogP) is 3.17. The Morgan fingerprint density at radius 1 is 1.04 bits per heavy atom. The molecule has 3 saturated carbocycles. The maximum atomic E-state index is 5.97. The van der Waals surface area contributed by atoms with Gasteiger partial charge in [0.1, 0.15) is 16.1 Å². The number of rotatable bonds is 6. The van der Waals surface area contributed by atoms with Crippen molar-refractivity contribution in [2.45, 2.75) is 43.6 Å². The lowest BCUT2D eigenvalue weighted by atomic mass is 9.43. The van der Waals surface area contributed by atoms with Gasteiger partial charge in [-0.25, -0.2) is 4.98 Å². The summed E-state index contributed by atoms with van der Waals surface area (Å²) in [5.74, 6) is 1.07. The van der Waals surface area contributed by atoms with Crippen molar-refractivity contribution in [3.05, 3.63) is 51.6 Å². The molecule has 5 nitrogen and oxygen atoms in total. The van der Waals surface area contributed by atoms with Crippen LogP contribution in [0.15, 0.2) is 36.5 Å². The molecule has 4 aliphatic rings. The number of hydrogen-bond acceptors (Lipinski definition) is 4. The number of ether oxygens (including phenoxy) is 2. The van der Waals surface area contributed by atoms with Gasteiger partial charge in [0.05, 0.1) is 25.4 Å². The molecule has 0 spiro atoms. The van der Waals surface area contributed by atoms with Crippen LogP contribution in [0.1, 0.15) is 30.7 Å². The normalized spacial score (nSPS) is 30.7. The van der Waals surface area contributed by atoms with Crippen LogP contribution in [0.2, 0.25) is 0 Å². The molecule has 2 bridgehead atoms. The first kappa shape index (κ1) is 17.2. The first-order valence-corrected chi connectivity index (χ1v) is 10.5. The fraction of sp³-hybridized carbons (Fsp3) is 0.550. The molecule has 1 saturated heterocycles. The van der Waals surface area contributed by atoms with Crippen LogP contribution in [0.4, 0.5) is 0 Å². The molecule has 2 aromatic rings. The number of halogens is 1. The number of aromatic nitrogens is 2. The number of morpholine rings is 1. The van der Waals surface area contributed by atoms with Crippen LogP contribution >= 0.6 is 22.6 Å². The van der Waals surface area contributed by atoms with E-state index in [-0.39, 0.29) is 5.54 Å². The van der Waals surface area contributed by atoms with Crippen molar-refractivity contribution in [2.24, 2.45) is 0 Å². The van der Waals surface area contributed by atoms with Gasteiger partial charge in [-0.15, -0.1) is 0 Å². The van der Waals surface area contributed by atoms with Crippen molar-refractivity contribution >= 4 is 22.6 Å². The van der Waals surface area contributed by atoms with Gasteiger partial charge in [-0.3, -0.25) is 4.90 Å². The Labute approximate surface area is 167 Å². The van der Waals surface area contributed by atoms with Gasteiger partial charge in [0.25, 0.3) is 0 Å². The molecule has 1 aromatic heterocycles. The van der Waals surface area contributed by atoms with Crippen LogP contribution < -0.4 is 0 Å². The highest BCUT2D eigenvalue weighted by Crippen LogP contribution is 2.68. The standard InChI is InChI=1S/C20H24IN3O2/c21-17-10-24(18(22-17)12-26-11-16-4-2-1-3-5-16)20-13-19(14-20,15-20)23-6-8-25-9-7-23/h1-5,10H,6-9,11-15H2. The minimum absolute atomic E-state index is 0.278. The second kappa shape index (κ2) is 6.58. The van der Waals surface area contributed by atoms with Gasteiger partial charge in [-0.2, -0.15) is 0 Å². The molecule has 1 aliphatic heterocycles. The Bertz CT molecular complexity index is 766. The van der Waals surface area contributed by atoms with Crippen LogP contribution in [-0.2, 0) is 28.2 Å². The molecule has 1 aromatic carbocycles. The highest BCUT2D eigenvalue weighted by atomic mass is 127. The van der Waals surface area contributed by atoms with Gasteiger partial charge in [0.2, 0.25) is 0 Å². The van der Waals surface area contributed by atoms with Crippen molar-refractivity contribution in [3.8, 4) is 0 Å². The maximum absolute atomic E-state index is 5.97. The van der Waals surface area contributed by atoms with Gasteiger partial charge < -0.3 is 14.0 Å². The van der Waals surface area contributed by atoms with E-state index in [1.54, 1.807) is 0 Å². The van der Waals surface area contributed by atoms with Gasteiger partial charge in [-0.05, 0) is 47.4 Å². The SMILES string of the molecule is Ic1cn(C23CC(N4CCOCC4)(C2)C3)c(COCc2ccccc2)n1. The molecular weight excluding hydrogens is 441 g/mol. The molecule has 0 amide bonds. The van der Waals surface area contributed by atoms with Crippen LogP contribution in [0.25, 0.3) is 0 Å². The number of nitrogens with zero attached hydrogens (tertiary/aromatic N) is 3. The fourth-order valence-corrected chi connectivity index (χ4v) is 5.60. The molecular formula is C20H24IN3O2. The quantitative estimate of drug-likeness (QED) is 0.615. The van der Waals surface area contributed by atoms with E-state index in [0.29, 0.717) is 18.8 Å². The zero-order valence-electron chi connectivity index (χ0n) is 14.9. The van der Waals surface area contributed by atoms with Crippen molar-refractivity contribution in [1.82, 2.24) is 14.5 Å². The lowest BCUT2D eigenvalue weighted by Crippen LogP contribution is -2.79. The molecule has 4 fully saturated rings. The van der Waals surface area contributed by atoms with E-state index in [2.05, 4.69) is 62.5 Å². The van der Waals surface area contributed by atoms with Gasteiger partial charge in [-0.1, -0.05) is 30.3 Å². The molecule has 0 radical (unpaired) electrons. The van der Waals surface area contributed by atoms with E-state index in [4.69, 9.17) is 14.5 Å². The van der Waals surface area contributed by atoms with E-state index in [0.717, 1.165) is 35.8 Å². The van der Waals surface area contributed by atoms with E-state index in [1.807, 2.05) is 6.07 Å². The van der Waals surface area contributed by atoms with Gasteiger partial charge in [0, 0.05) is 24.8 Å². The van der Waals surface area contributed by atoms with Gasteiger partial charge in [0.15, 0.2) is 0 Å². The first-order chi connectivity index (χ1) is 12.7. The molecule has 6 rings (SSSR count). The smallest absolute Gasteiger partial charge is 0.136 e. The third-order valence-corrected chi connectivity index (χ3v) is 6.78. The first-order valence-electron chi connectivity index (χ1n) is 9.38. The summed E-state index contributed by atoms with van der Waals surface area (Å²) >= 11 is 2.32. The second-order valence-electron chi connectivity index (χ2n) is 7.91. The summed E-state index contributed by atoms with van der Waals surface area (Å²) in [6.07, 6.45) is 5.96. The van der Waals surface area contributed by atoms with Crippen molar-refractivity contribution in [2.75, 3.05) is 26.3 Å². The molecule has 26 heavy (non-hydrogen) atoms. The van der Waals surface area contributed by atoms with Crippen molar-refractivity contribution < 1.29 is 9.47 Å². The number of benzene rings is 1. The summed E-state index contributed by atoms with van der Waals surface area (Å²) in [4.78, 5) is 7.40.